The summed E-state index contributed by atoms with van der Waals surface area (Å²) in [5.74, 6) is 0. The largest absolute Gasteiger partial charge is 0.384 e. The van der Waals surface area contributed by atoms with Gasteiger partial charge in [0.15, 0.2) is 4.21 Å². The summed E-state index contributed by atoms with van der Waals surface area (Å²) in [7, 11) is -2.17. The number of H-pyrrole nitrogens is 1. The molecule has 0 saturated heterocycles. The summed E-state index contributed by atoms with van der Waals surface area (Å²) in [6.07, 6.45) is 3.48. The maximum Gasteiger partial charge on any atom is 0.273 e. The summed E-state index contributed by atoms with van der Waals surface area (Å²) in [5.41, 5.74) is 2.36. The monoisotopic (exact) mass is 406 g/mol. The molecule has 0 aliphatic heterocycles. The predicted octanol–water partition coefficient (Wildman–Crippen LogP) is 3.82. The number of fused-ring (bicyclic) bond motifs is 1. The van der Waals surface area contributed by atoms with E-state index in [9.17, 15) is 13.7 Å². The molecule has 9 heteroatoms. The van der Waals surface area contributed by atoms with Crippen LogP contribution >= 0.6 is 11.3 Å². The van der Waals surface area contributed by atoms with Gasteiger partial charge in [0, 0.05) is 25.1 Å². The number of nitrogens with one attached hydrogen (secondary N) is 2. The van der Waals surface area contributed by atoms with E-state index in [0.29, 0.717) is 40.2 Å². The molecular weight excluding hydrogens is 384 g/mol. The molecule has 0 saturated carbocycles. The molecule has 0 radical (unpaired) electrons. The Morgan fingerprint density at radius 3 is 2.78 bits per heavy atom. The maximum atomic E-state index is 12.6. The molecule has 0 aliphatic carbocycles. The van der Waals surface area contributed by atoms with Crippen LogP contribution in [0.2, 0.25) is 0 Å². The van der Waals surface area contributed by atoms with Crippen molar-refractivity contribution in [3.05, 3.63) is 40.7 Å². The number of nitriles is 1. The highest BCUT2D eigenvalue weighted by Crippen LogP contribution is 2.30. The first-order valence-corrected chi connectivity index (χ1v) is 10.7. The van der Waals surface area contributed by atoms with Crippen LogP contribution in [0.15, 0.2) is 28.7 Å². The molecule has 144 valence electrons. The molecular formula is C18H22N4O3S2. The third kappa shape index (κ3) is 4.47. The van der Waals surface area contributed by atoms with E-state index in [1.165, 1.54) is 6.20 Å². The van der Waals surface area contributed by atoms with Crippen LogP contribution < -0.4 is 4.72 Å². The molecule has 7 nitrogen and oxygen atoms in total. The fourth-order valence-electron chi connectivity index (χ4n) is 2.51. The molecule has 0 amide bonds. The van der Waals surface area contributed by atoms with Gasteiger partial charge in [0.1, 0.15) is 6.07 Å². The van der Waals surface area contributed by atoms with Gasteiger partial charge in [0.25, 0.3) is 10.0 Å². The average Bonchev–Trinajstić information content (AvgIpc) is 3.31. The number of aromatic nitrogens is 2. The third-order valence-corrected chi connectivity index (χ3v) is 6.61. The first-order chi connectivity index (χ1) is 13.0. The maximum absolute atomic E-state index is 12.6. The molecule has 0 fully saturated rings. The highest BCUT2D eigenvalue weighted by Gasteiger charge is 2.20. The number of sulfonamides is 1. The number of hydrogen-bond donors (Lipinski definition) is 2. The normalized spacial score (nSPS) is 10.9. The Morgan fingerprint density at radius 1 is 1.37 bits per heavy atom. The summed E-state index contributed by atoms with van der Waals surface area (Å²) in [5, 5.41) is 10.6. The average molecular weight is 407 g/mol. The molecule has 3 aromatic rings. The van der Waals surface area contributed by atoms with Gasteiger partial charge < -0.3 is 9.72 Å². The van der Waals surface area contributed by atoms with E-state index in [0.717, 1.165) is 16.9 Å². The Kier molecular flexibility index (Phi) is 6.96. The number of aromatic amines is 1. The van der Waals surface area contributed by atoms with Crippen LogP contribution in [0, 0.1) is 18.3 Å². The first-order valence-electron chi connectivity index (χ1n) is 8.43. The summed E-state index contributed by atoms with van der Waals surface area (Å²) in [4.78, 5) is 7.10. The minimum Gasteiger partial charge on any atom is -0.384 e. The zero-order valence-electron chi connectivity index (χ0n) is 15.7. The lowest BCUT2D eigenvalue weighted by Gasteiger charge is -2.08. The number of nitrogens with zero attached hydrogens (tertiary/aromatic N) is 2. The molecule has 27 heavy (non-hydrogen) atoms. The molecule has 0 spiro atoms. The van der Waals surface area contributed by atoms with E-state index >= 15 is 0 Å². The number of thiazole rings is 1. The van der Waals surface area contributed by atoms with Crippen molar-refractivity contribution in [2.45, 2.75) is 31.4 Å². The van der Waals surface area contributed by atoms with E-state index in [1.807, 2.05) is 20.8 Å². The molecule has 0 unspecified atom stereocenters. The van der Waals surface area contributed by atoms with Crippen molar-refractivity contribution in [1.29, 1.82) is 5.26 Å². The Bertz CT molecular complexity index is 1060. The topological polar surface area (TPSA) is 108 Å². The molecule has 1 aromatic carbocycles. The van der Waals surface area contributed by atoms with E-state index in [-0.39, 0.29) is 4.21 Å². The lowest BCUT2D eigenvalue weighted by molar-refractivity contribution is 0.202. The predicted molar refractivity (Wildman–Crippen MR) is 108 cm³/mol. The van der Waals surface area contributed by atoms with Crippen LogP contribution in [0.3, 0.4) is 0 Å². The van der Waals surface area contributed by atoms with Crippen molar-refractivity contribution in [2.24, 2.45) is 0 Å². The number of methoxy groups -OCH3 is 1. The minimum atomic E-state index is -3.76. The number of hydrogen-bond acceptors (Lipinski definition) is 6. The number of ether oxygens (including phenoxy) is 1. The Morgan fingerprint density at radius 2 is 2.11 bits per heavy atom. The summed E-state index contributed by atoms with van der Waals surface area (Å²) in [6, 6.07) is 5.57. The lowest BCUT2D eigenvalue weighted by Crippen LogP contribution is -2.12. The van der Waals surface area contributed by atoms with Gasteiger partial charge >= 0.3 is 0 Å². The van der Waals surface area contributed by atoms with Crippen molar-refractivity contribution < 1.29 is 13.2 Å². The van der Waals surface area contributed by atoms with Gasteiger partial charge in [0.05, 0.1) is 34.6 Å². The lowest BCUT2D eigenvalue weighted by atomic mass is 10.1. The van der Waals surface area contributed by atoms with Crippen molar-refractivity contribution >= 4 is 38.0 Å². The number of benzene rings is 1. The van der Waals surface area contributed by atoms with Gasteiger partial charge in [0.2, 0.25) is 0 Å². The van der Waals surface area contributed by atoms with Gasteiger partial charge in [-0.3, -0.25) is 4.72 Å². The quantitative estimate of drug-likeness (QED) is 0.647. The van der Waals surface area contributed by atoms with Crippen molar-refractivity contribution in [2.75, 3.05) is 18.4 Å². The van der Waals surface area contributed by atoms with Gasteiger partial charge in [-0.15, -0.1) is 11.3 Å². The summed E-state index contributed by atoms with van der Waals surface area (Å²) >= 11 is 1.11. The fourth-order valence-corrected chi connectivity index (χ4v) is 4.74. The minimum absolute atomic E-state index is 0.138. The second-order valence-corrected chi connectivity index (χ2v) is 8.44. The molecule has 2 N–H and O–H groups in total. The van der Waals surface area contributed by atoms with Gasteiger partial charge in [-0.05, 0) is 18.6 Å². The SMILES string of the molecule is CC.COCCc1ncc(S(=O)(=O)Nc2ccc(C)c3c(C#N)c[nH]c23)s1. The van der Waals surface area contributed by atoms with Crippen LogP contribution in [-0.4, -0.2) is 32.1 Å². The van der Waals surface area contributed by atoms with Crippen LogP contribution in [0.25, 0.3) is 10.9 Å². The third-order valence-electron chi connectivity index (χ3n) is 3.73. The van der Waals surface area contributed by atoms with E-state index in [1.54, 1.807) is 25.4 Å². The van der Waals surface area contributed by atoms with Crippen molar-refractivity contribution in [1.82, 2.24) is 9.97 Å². The molecule has 0 bridgehead atoms. The van der Waals surface area contributed by atoms with Crippen molar-refractivity contribution in [3.63, 3.8) is 0 Å². The van der Waals surface area contributed by atoms with Crippen LogP contribution in [-0.2, 0) is 21.2 Å². The Hall–Kier alpha value is -2.41. The van der Waals surface area contributed by atoms with Gasteiger partial charge in [-0.2, -0.15) is 5.26 Å². The highest BCUT2D eigenvalue weighted by molar-refractivity contribution is 7.94. The van der Waals surface area contributed by atoms with E-state index in [2.05, 4.69) is 20.8 Å². The second-order valence-electron chi connectivity index (χ2n) is 5.42. The summed E-state index contributed by atoms with van der Waals surface area (Å²) < 4.78 is 33.0. The van der Waals surface area contributed by atoms with E-state index in [4.69, 9.17) is 4.74 Å². The van der Waals surface area contributed by atoms with Gasteiger partial charge in [-0.1, -0.05) is 19.9 Å². The van der Waals surface area contributed by atoms with Crippen LogP contribution in [0.4, 0.5) is 5.69 Å². The number of anilines is 1. The van der Waals surface area contributed by atoms with Crippen LogP contribution in [0.1, 0.15) is 30.0 Å². The molecule has 2 heterocycles. The smallest absolute Gasteiger partial charge is 0.273 e. The summed E-state index contributed by atoms with van der Waals surface area (Å²) in [6.45, 7) is 6.36. The standard InChI is InChI=1S/C16H16N4O3S2.C2H6/c1-10-3-4-12(16-15(10)11(7-17)8-19-16)20-25(21,22)14-9-18-13(24-14)5-6-23-2;1-2/h3-4,8-9,19-20H,5-6H2,1-2H3;1-2H3. The van der Waals surface area contributed by atoms with E-state index < -0.39 is 10.0 Å². The second kappa shape index (κ2) is 8.99. The van der Waals surface area contributed by atoms with Crippen LogP contribution in [0.5, 0.6) is 0 Å². The Labute approximate surface area is 163 Å². The number of aryl methyl sites for hydroxylation is 1. The zero-order chi connectivity index (χ0) is 20.0. The van der Waals surface area contributed by atoms with Crippen molar-refractivity contribution in [3.8, 4) is 6.07 Å². The molecule has 2 aromatic heterocycles. The molecule has 0 aliphatic rings. The first kappa shape index (κ1) is 20.9. The number of rotatable bonds is 6. The molecule has 3 rings (SSSR count). The Balaban J connectivity index is 0.00000126. The van der Waals surface area contributed by atoms with Gasteiger partial charge in [-0.25, -0.2) is 13.4 Å². The highest BCUT2D eigenvalue weighted by atomic mass is 32.2. The fraction of sp³-hybridized carbons (Fsp3) is 0.333. The zero-order valence-corrected chi connectivity index (χ0v) is 17.3. The molecule has 0 atom stereocenters.